The molecule has 1 amide bonds. The van der Waals surface area contributed by atoms with Crippen molar-refractivity contribution in [3.63, 3.8) is 0 Å². The van der Waals surface area contributed by atoms with Crippen molar-refractivity contribution in [3.8, 4) is 0 Å². The van der Waals surface area contributed by atoms with Crippen LogP contribution in [0.4, 0.5) is 15.9 Å². The predicted molar refractivity (Wildman–Crippen MR) is 140 cm³/mol. The highest BCUT2D eigenvalue weighted by molar-refractivity contribution is 7.19. The van der Waals surface area contributed by atoms with Crippen LogP contribution in [-0.4, -0.2) is 26.1 Å². The molecule has 182 valence electrons. The molecule has 0 fully saturated rings. The monoisotopic (exact) mass is 500 g/mol. The Morgan fingerprint density at radius 3 is 2.83 bits per heavy atom. The molecule has 1 aliphatic carbocycles. The summed E-state index contributed by atoms with van der Waals surface area (Å²) in [6, 6.07) is 12.3. The SMILES string of the molecule is CC(C)(NC(=O)C1CCc2c(sc3ncnc(Nc4ccc5[nH]ncc5c4)c23)C1)c1ccc(F)cc1. The van der Waals surface area contributed by atoms with E-state index in [2.05, 4.69) is 30.8 Å². The molecule has 3 heterocycles. The fourth-order valence-corrected chi connectivity index (χ4v) is 6.20. The smallest absolute Gasteiger partial charge is 0.224 e. The van der Waals surface area contributed by atoms with Gasteiger partial charge in [-0.25, -0.2) is 14.4 Å². The van der Waals surface area contributed by atoms with Crippen molar-refractivity contribution in [2.75, 3.05) is 5.32 Å². The second kappa shape index (κ2) is 8.67. The van der Waals surface area contributed by atoms with Crippen molar-refractivity contribution in [2.24, 2.45) is 5.92 Å². The maximum Gasteiger partial charge on any atom is 0.224 e. The molecular formula is C27H25FN6OS. The average molecular weight is 501 g/mol. The minimum atomic E-state index is -0.593. The standard InChI is InChI=1S/C27H25FN6OS/c1-27(2,17-4-6-18(28)7-5-17)33-25(35)15-3-9-20-22(12-15)36-26-23(20)24(29-14-30-26)32-19-8-10-21-16(11-19)13-31-34-21/h4-8,10-11,13-15H,3,9,12H2,1-2H3,(H,31,34)(H,33,35)(H,29,30,32). The molecule has 0 radical (unpaired) electrons. The van der Waals surface area contributed by atoms with Crippen LogP contribution in [0.5, 0.6) is 0 Å². The van der Waals surface area contributed by atoms with Crippen molar-refractivity contribution < 1.29 is 9.18 Å². The Morgan fingerprint density at radius 1 is 1.17 bits per heavy atom. The molecule has 0 spiro atoms. The third-order valence-corrected chi connectivity index (χ3v) is 8.08. The number of aromatic nitrogens is 4. The zero-order valence-corrected chi connectivity index (χ0v) is 20.7. The summed E-state index contributed by atoms with van der Waals surface area (Å²) in [5, 5.41) is 15.8. The van der Waals surface area contributed by atoms with E-state index in [0.29, 0.717) is 6.42 Å². The molecule has 0 saturated heterocycles. The minimum absolute atomic E-state index is 0.0188. The number of nitrogens with one attached hydrogen (secondary N) is 3. The number of anilines is 2. The summed E-state index contributed by atoms with van der Waals surface area (Å²) in [6.07, 6.45) is 5.58. The number of thiophene rings is 1. The molecule has 0 bridgehead atoms. The molecule has 7 nitrogen and oxygen atoms in total. The van der Waals surface area contributed by atoms with Gasteiger partial charge in [0.2, 0.25) is 5.91 Å². The number of hydrogen-bond acceptors (Lipinski definition) is 6. The first-order chi connectivity index (χ1) is 17.4. The first kappa shape index (κ1) is 22.6. The summed E-state index contributed by atoms with van der Waals surface area (Å²) >= 11 is 1.64. The number of H-pyrrole nitrogens is 1. The van der Waals surface area contributed by atoms with E-state index in [4.69, 9.17) is 0 Å². The number of amides is 1. The van der Waals surface area contributed by atoms with Gasteiger partial charge >= 0.3 is 0 Å². The second-order valence-corrected chi connectivity index (χ2v) is 10.8. The van der Waals surface area contributed by atoms with Crippen LogP contribution in [0, 0.1) is 11.7 Å². The predicted octanol–water partition coefficient (Wildman–Crippen LogP) is 5.61. The van der Waals surface area contributed by atoms with Crippen LogP contribution >= 0.6 is 11.3 Å². The third kappa shape index (κ3) is 4.09. The van der Waals surface area contributed by atoms with Gasteiger partial charge in [0.05, 0.1) is 22.6 Å². The lowest BCUT2D eigenvalue weighted by Crippen LogP contribution is -2.45. The molecule has 1 aliphatic rings. The van der Waals surface area contributed by atoms with E-state index in [1.807, 2.05) is 32.0 Å². The number of carbonyl (C=O) groups excluding carboxylic acids is 1. The Kier molecular flexibility index (Phi) is 5.44. The van der Waals surface area contributed by atoms with Crippen LogP contribution in [0.2, 0.25) is 0 Å². The number of rotatable bonds is 5. The van der Waals surface area contributed by atoms with Gasteiger partial charge in [-0.2, -0.15) is 5.10 Å². The van der Waals surface area contributed by atoms with E-state index < -0.39 is 5.54 Å². The number of fused-ring (bicyclic) bond motifs is 4. The Labute approximate surface area is 211 Å². The maximum absolute atomic E-state index is 13.4. The van der Waals surface area contributed by atoms with Gasteiger partial charge in [0, 0.05) is 21.9 Å². The van der Waals surface area contributed by atoms with E-state index >= 15 is 0 Å². The van der Waals surface area contributed by atoms with E-state index in [9.17, 15) is 9.18 Å². The normalized spacial score (nSPS) is 15.7. The highest BCUT2D eigenvalue weighted by atomic mass is 32.1. The van der Waals surface area contributed by atoms with Gasteiger partial charge in [-0.15, -0.1) is 11.3 Å². The topological polar surface area (TPSA) is 95.6 Å². The van der Waals surface area contributed by atoms with Crippen molar-refractivity contribution in [1.29, 1.82) is 0 Å². The highest BCUT2D eigenvalue weighted by Gasteiger charge is 2.32. The first-order valence-electron chi connectivity index (χ1n) is 11.9. The van der Waals surface area contributed by atoms with Crippen molar-refractivity contribution in [2.45, 2.75) is 38.6 Å². The molecule has 1 atom stereocenters. The molecular weight excluding hydrogens is 475 g/mol. The molecule has 2 aromatic carbocycles. The second-order valence-electron chi connectivity index (χ2n) is 9.76. The summed E-state index contributed by atoms with van der Waals surface area (Å²) in [6.45, 7) is 3.89. The fourth-order valence-electron chi connectivity index (χ4n) is 4.93. The van der Waals surface area contributed by atoms with Crippen LogP contribution in [0.1, 0.15) is 36.3 Å². The lowest BCUT2D eigenvalue weighted by molar-refractivity contribution is -0.127. The van der Waals surface area contributed by atoms with Crippen molar-refractivity contribution in [3.05, 3.63) is 76.8 Å². The van der Waals surface area contributed by atoms with E-state index in [1.54, 1.807) is 36.0 Å². The van der Waals surface area contributed by atoms with Gasteiger partial charge < -0.3 is 10.6 Å². The number of benzene rings is 2. The molecule has 9 heteroatoms. The van der Waals surface area contributed by atoms with E-state index in [0.717, 1.165) is 51.0 Å². The van der Waals surface area contributed by atoms with E-state index in [1.165, 1.54) is 22.6 Å². The third-order valence-electron chi connectivity index (χ3n) is 6.92. The highest BCUT2D eigenvalue weighted by Crippen LogP contribution is 2.40. The van der Waals surface area contributed by atoms with Gasteiger partial charge in [0.1, 0.15) is 22.8 Å². The summed E-state index contributed by atoms with van der Waals surface area (Å²) in [5.41, 5.74) is 3.41. The summed E-state index contributed by atoms with van der Waals surface area (Å²) in [7, 11) is 0. The molecule has 3 N–H and O–H groups in total. The minimum Gasteiger partial charge on any atom is -0.347 e. The largest absolute Gasteiger partial charge is 0.347 e. The van der Waals surface area contributed by atoms with Gasteiger partial charge in [0.15, 0.2) is 0 Å². The summed E-state index contributed by atoms with van der Waals surface area (Å²) in [4.78, 5) is 24.4. The molecule has 1 unspecified atom stereocenters. The molecule has 0 aliphatic heterocycles. The van der Waals surface area contributed by atoms with Crippen LogP contribution in [0.25, 0.3) is 21.1 Å². The number of aryl methyl sites for hydroxylation is 1. The van der Waals surface area contributed by atoms with Gasteiger partial charge in [-0.05, 0) is 74.6 Å². The Morgan fingerprint density at radius 2 is 2.00 bits per heavy atom. The van der Waals surface area contributed by atoms with Gasteiger partial charge in [-0.3, -0.25) is 9.89 Å². The Balaban J connectivity index is 1.24. The molecule has 0 saturated carbocycles. The van der Waals surface area contributed by atoms with E-state index in [-0.39, 0.29) is 17.6 Å². The lowest BCUT2D eigenvalue weighted by atomic mass is 9.86. The first-order valence-corrected chi connectivity index (χ1v) is 12.7. The Hall–Kier alpha value is -3.85. The Bertz CT molecular complexity index is 1590. The van der Waals surface area contributed by atoms with Crippen LogP contribution in [-0.2, 0) is 23.2 Å². The van der Waals surface area contributed by atoms with Gasteiger partial charge in [-0.1, -0.05) is 12.1 Å². The zero-order chi connectivity index (χ0) is 24.9. The number of nitrogens with zero attached hydrogens (tertiary/aromatic N) is 3. The summed E-state index contributed by atoms with van der Waals surface area (Å²) < 4.78 is 13.4. The maximum atomic E-state index is 13.4. The fraction of sp³-hybridized carbons (Fsp3) is 0.259. The number of hydrogen-bond donors (Lipinski definition) is 3. The molecule has 5 aromatic rings. The zero-order valence-electron chi connectivity index (χ0n) is 19.9. The van der Waals surface area contributed by atoms with Crippen LogP contribution in [0.3, 0.4) is 0 Å². The number of halogens is 1. The number of aromatic amines is 1. The van der Waals surface area contributed by atoms with Gasteiger partial charge in [0.25, 0.3) is 0 Å². The molecule has 6 rings (SSSR count). The molecule has 36 heavy (non-hydrogen) atoms. The number of carbonyl (C=O) groups is 1. The lowest BCUT2D eigenvalue weighted by Gasteiger charge is -2.30. The van der Waals surface area contributed by atoms with Crippen LogP contribution < -0.4 is 10.6 Å². The van der Waals surface area contributed by atoms with Crippen LogP contribution in [0.15, 0.2) is 55.0 Å². The molecule has 3 aromatic heterocycles. The van der Waals surface area contributed by atoms with Crippen molar-refractivity contribution in [1.82, 2.24) is 25.5 Å². The average Bonchev–Trinajstić information content (AvgIpc) is 3.48. The quantitative estimate of drug-likeness (QED) is 0.292. The summed E-state index contributed by atoms with van der Waals surface area (Å²) in [5.74, 6) is 0.383. The van der Waals surface area contributed by atoms with Crippen molar-refractivity contribution >= 4 is 49.9 Å².